The van der Waals surface area contributed by atoms with E-state index < -0.39 is 18.4 Å². The summed E-state index contributed by atoms with van der Waals surface area (Å²) >= 11 is 1.40. The van der Waals surface area contributed by atoms with Gasteiger partial charge in [-0.25, -0.2) is 0 Å². The highest BCUT2D eigenvalue weighted by Crippen LogP contribution is 2.23. The van der Waals surface area contributed by atoms with Crippen LogP contribution in [-0.4, -0.2) is 41.7 Å². The molecule has 2 amide bonds. The van der Waals surface area contributed by atoms with E-state index in [2.05, 4.69) is 10.6 Å². The summed E-state index contributed by atoms with van der Waals surface area (Å²) in [7, 11) is 0. The Morgan fingerprint density at radius 1 is 1.10 bits per heavy atom. The molecule has 0 aliphatic rings. The molecule has 1 aromatic rings. The first-order valence-electron chi connectivity index (χ1n) is 6.33. The lowest BCUT2D eigenvalue weighted by Gasteiger charge is -2.08. The van der Waals surface area contributed by atoms with E-state index in [9.17, 15) is 14.4 Å². The van der Waals surface area contributed by atoms with Crippen LogP contribution in [0.2, 0.25) is 0 Å². The standard InChI is InChI=1S/C14H18N2O4S/c1-9-3-4-10(2)11(5-9)21-8-13(18)15-6-12(17)16-7-14(19)20/h3-5H,6-8H2,1-2H3,(H,15,18)(H,16,17)(H,19,20). The molecule has 21 heavy (non-hydrogen) atoms. The second-order valence-corrected chi connectivity index (χ2v) is 5.52. The van der Waals surface area contributed by atoms with Gasteiger partial charge < -0.3 is 15.7 Å². The summed E-state index contributed by atoms with van der Waals surface area (Å²) in [6.45, 7) is 3.28. The Hall–Kier alpha value is -2.02. The Morgan fingerprint density at radius 2 is 1.76 bits per heavy atom. The van der Waals surface area contributed by atoms with Gasteiger partial charge in [0.25, 0.3) is 0 Å². The van der Waals surface area contributed by atoms with Crippen molar-refractivity contribution >= 4 is 29.5 Å². The SMILES string of the molecule is Cc1ccc(C)c(SCC(=O)NCC(=O)NCC(=O)O)c1. The quantitative estimate of drug-likeness (QED) is 0.645. The number of aryl methyl sites for hydroxylation is 2. The fourth-order valence-electron chi connectivity index (χ4n) is 1.47. The number of nitrogens with one attached hydrogen (secondary N) is 2. The zero-order valence-electron chi connectivity index (χ0n) is 11.9. The summed E-state index contributed by atoms with van der Waals surface area (Å²) in [5, 5.41) is 13.0. The van der Waals surface area contributed by atoms with Crippen LogP contribution in [0.5, 0.6) is 0 Å². The number of carbonyl (C=O) groups is 3. The van der Waals surface area contributed by atoms with Crippen molar-refractivity contribution in [3.8, 4) is 0 Å². The molecule has 0 atom stereocenters. The van der Waals surface area contributed by atoms with Gasteiger partial charge in [0.05, 0.1) is 12.3 Å². The largest absolute Gasteiger partial charge is 0.480 e. The molecule has 1 rings (SSSR count). The average molecular weight is 310 g/mol. The average Bonchev–Trinajstić information content (AvgIpc) is 2.43. The van der Waals surface area contributed by atoms with Crippen LogP contribution >= 0.6 is 11.8 Å². The Balaban J connectivity index is 2.32. The van der Waals surface area contributed by atoms with Crippen molar-refractivity contribution in [1.29, 1.82) is 0 Å². The molecule has 0 unspecified atom stereocenters. The summed E-state index contributed by atoms with van der Waals surface area (Å²) in [6.07, 6.45) is 0. The van der Waals surface area contributed by atoms with Crippen LogP contribution in [0.4, 0.5) is 0 Å². The molecule has 0 aromatic heterocycles. The minimum absolute atomic E-state index is 0.205. The second kappa shape index (κ2) is 8.31. The zero-order valence-corrected chi connectivity index (χ0v) is 12.8. The van der Waals surface area contributed by atoms with Crippen molar-refractivity contribution < 1.29 is 19.5 Å². The van der Waals surface area contributed by atoms with Gasteiger partial charge in [0, 0.05) is 4.90 Å². The van der Waals surface area contributed by atoms with Crippen molar-refractivity contribution in [2.45, 2.75) is 18.7 Å². The third-order valence-electron chi connectivity index (χ3n) is 2.59. The highest BCUT2D eigenvalue weighted by Gasteiger charge is 2.08. The molecule has 3 N–H and O–H groups in total. The molecule has 0 aliphatic carbocycles. The first kappa shape index (κ1) is 17.0. The molecule has 0 bridgehead atoms. The number of aliphatic carboxylic acids is 1. The molecule has 6 nitrogen and oxygen atoms in total. The summed E-state index contributed by atoms with van der Waals surface area (Å²) < 4.78 is 0. The van der Waals surface area contributed by atoms with Gasteiger partial charge in [-0.05, 0) is 25.5 Å². The van der Waals surface area contributed by atoms with E-state index in [0.29, 0.717) is 0 Å². The molecule has 114 valence electrons. The monoisotopic (exact) mass is 310 g/mol. The lowest BCUT2D eigenvalue weighted by molar-refractivity contribution is -0.137. The van der Waals surface area contributed by atoms with Crippen molar-refractivity contribution in [3.05, 3.63) is 29.3 Å². The van der Waals surface area contributed by atoms with Gasteiger partial charge in [-0.1, -0.05) is 17.7 Å². The normalized spacial score (nSPS) is 10.0. The maximum Gasteiger partial charge on any atom is 0.322 e. The van der Waals surface area contributed by atoms with Crippen LogP contribution in [0.25, 0.3) is 0 Å². The topological polar surface area (TPSA) is 95.5 Å². The second-order valence-electron chi connectivity index (χ2n) is 4.50. The summed E-state index contributed by atoms with van der Waals surface area (Å²) in [4.78, 5) is 34.1. The molecule has 0 fully saturated rings. The molecule has 7 heteroatoms. The third kappa shape index (κ3) is 6.80. The van der Waals surface area contributed by atoms with E-state index in [4.69, 9.17) is 5.11 Å². The van der Waals surface area contributed by atoms with E-state index in [-0.39, 0.29) is 18.2 Å². The predicted molar refractivity (Wildman–Crippen MR) is 80.3 cm³/mol. The predicted octanol–water partition coefficient (Wildman–Crippen LogP) is 0.713. The van der Waals surface area contributed by atoms with Crippen LogP contribution in [0.15, 0.2) is 23.1 Å². The summed E-state index contributed by atoms with van der Waals surface area (Å²) in [6, 6.07) is 6.01. The minimum Gasteiger partial charge on any atom is -0.480 e. The minimum atomic E-state index is -1.12. The van der Waals surface area contributed by atoms with Gasteiger partial charge in [-0.2, -0.15) is 0 Å². The van der Waals surface area contributed by atoms with E-state index in [0.717, 1.165) is 16.0 Å². The highest BCUT2D eigenvalue weighted by molar-refractivity contribution is 8.00. The van der Waals surface area contributed by atoms with Gasteiger partial charge in [0.1, 0.15) is 6.54 Å². The van der Waals surface area contributed by atoms with Gasteiger partial charge in [-0.15, -0.1) is 11.8 Å². The Labute approximate surface area is 127 Å². The number of amides is 2. The lowest BCUT2D eigenvalue weighted by atomic mass is 10.2. The Bertz CT molecular complexity index is 546. The van der Waals surface area contributed by atoms with Crippen molar-refractivity contribution in [1.82, 2.24) is 10.6 Å². The number of hydrogen-bond donors (Lipinski definition) is 3. The first-order valence-corrected chi connectivity index (χ1v) is 7.32. The lowest BCUT2D eigenvalue weighted by Crippen LogP contribution is -2.39. The number of hydrogen-bond acceptors (Lipinski definition) is 4. The maximum atomic E-state index is 11.6. The molecule has 0 radical (unpaired) electrons. The molecular weight excluding hydrogens is 292 g/mol. The van der Waals surface area contributed by atoms with Crippen molar-refractivity contribution in [3.63, 3.8) is 0 Å². The van der Waals surface area contributed by atoms with Gasteiger partial charge in [-0.3, -0.25) is 14.4 Å². The van der Waals surface area contributed by atoms with Crippen LogP contribution in [0.1, 0.15) is 11.1 Å². The van der Waals surface area contributed by atoms with Gasteiger partial charge in [0.15, 0.2) is 0 Å². The number of benzene rings is 1. The zero-order chi connectivity index (χ0) is 15.8. The fraction of sp³-hybridized carbons (Fsp3) is 0.357. The number of carbonyl (C=O) groups excluding carboxylic acids is 2. The first-order chi connectivity index (χ1) is 9.88. The van der Waals surface area contributed by atoms with Crippen LogP contribution in [-0.2, 0) is 14.4 Å². The molecule has 0 heterocycles. The molecule has 0 spiro atoms. The van der Waals surface area contributed by atoms with Crippen LogP contribution in [0, 0.1) is 13.8 Å². The smallest absolute Gasteiger partial charge is 0.322 e. The van der Waals surface area contributed by atoms with Gasteiger partial charge >= 0.3 is 5.97 Å². The molecule has 0 saturated carbocycles. The van der Waals surface area contributed by atoms with Crippen LogP contribution in [0.3, 0.4) is 0 Å². The Kier molecular flexibility index (Phi) is 6.74. The van der Waals surface area contributed by atoms with Crippen LogP contribution < -0.4 is 10.6 Å². The number of carboxylic acids is 1. The van der Waals surface area contributed by atoms with Crippen molar-refractivity contribution in [2.75, 3.05) is 18.8 Å². The fourth-order valence-corrected chi connectivity index (χ4v) is 2.43. The van der Waals surface area contributed by atoms with E-state index >= 15 is 0 Å². The molecular formula is C14H18N2O4S. The third-order valence-corrected chi connectivity index (χ3v) is 3.74. The molecule has 0 aliphatic heterocycles. The van der Waals surface area contributed by atoms with E-state index in [1.807, 2.05) is 32.0 Å². The summed E-state index contributed by atoms with van der Waals surface area (Å²) in [5.74, 6) is -1.72. The van der Waals surface area contributed by atoms with E-state index in [1.54, 1.807) is 0 Å². The maximum absolute atomic E-state index is 11.6. The van der Waals surface area contributed by atoms with Gasteiger partial charge in [0.2, 0.25) is 11.8 Å². The molecule has 0 saturated heterocycles. The van der Waals surface area contributed by atoms with Crippen molar-refractivity contribution in [2.24, 2.45) is 0 Å². The highest BCUT2D eigenvalue weighted by atomic mass is 32.2. The molecule has 1 aromatic carbocycles. The number of rotatable bonds is 7. The van der Waals surface area contributed by atoms with E-state index in [1.165, 1.54) is 11.8 Å². The Morgan fingerprint density at radius 3 is 2.43 bits per heavy atom. The number of carboxylic acid groups (broad SMARTS) is 1. The number of thioether (sulfide) groups is 1. The summed E-state index contributed by atoms with van der Waals surface area (Å²) in [5.41, 5.74) is 2.22.